The molecule has 0 aliphatic heterocycles. The van der Waals surface area contributed by atoms with E-state index in [1.807, 2.05) is 25.6 Å². The van der Waals surface area contributed by atoms with E-state index >= 15 is 0 Å². The van der Waals surface area contributed by atoms with Crippen molar-refractivity contribution in [3.05, 3.63) is 23.4 Å². The van der Waals surface area contributed by atoms with Crippen molar-refractivity contribution >= 4 is 0 Å². The first-order valence-corrected chi connectivity index (χ1v) is 3.46. The van der Waals surface area contributed by atoms with E-state index < -0.39 is 0 Å². The van der Waals surface area contributed by atoms with Crippen LogP contribution in [0.15, 0.2) is 0 Å². The van der Waals surface area contributed by atoms with Gasteiger partial charge in [0, 0.05) is 19.2 Å². The van der Waals surface area contributed by atoms with Gasteiger partial charge in [-0.15, -0.1) is 0 Å². The number of hydrogen-bond donors (Lipinski definition) is 0. The van der Waals surface area contributed by atoms with E-state index in [1.54, 1.807) is 0 Å². The summed E-state index contributed by atoms with van der Waals surface area (Å²) in [6.45, 7) is 6.16. The van der Waals surface area contributed by atoms with Gasteiger partial charge in [0.15, 0.2) is 0 Å². The minimum absolute atomic E-state index is 1.12. The fraction of sp³-hybridized carbons (Fsp3) is 0.500. The van der Waals surface area contributed by atoms with Crippen LogP contribution in [0.5, 0.6) is 0 Å². The summed E-state index contributed by atoms with van der Waals surface area (Å²) in [6.07, 6.45) is 2.08. The number of hydrogen-bond acceptors (Lipinski definition) is 1. The molecule has 0 atom stereocenters. The molecule has 10 heavy (non-hydrogen) atoms. The Morgan fingerprint density at radius 3 is 2.20 bits per heavy atom. The lowest BCUT2D eigenvalue weighted by Gasteiger charge is -1.96. The monoisotopic (exact) mass is 137 g/mol. The molecule has 0 saturated carbocycles. The van der Waals surface area contributed by atoms with E-state index in [9.17, 15) is 0 Å². The van der Waals surface area contributed by atoms with E-state index in [-0.39, 0.29) is 0 Å². The predicted molar refractivity (Wildman–Crippen MR) is 41.8 cm³/mol. The quantitative estimate of drug-likeness (QED) is 0.575. The molecule has 0 fully saturated rings. The Morgan fingerprint density at radius 2 is 2.00 bits per heavy atom. The molecule has 0 saturated heterocycles. The summed E-state index contributed by atoms with van der Waals surface area (Å²) in [4.78, 5) is 0. The molecule has 0 aliphatic rings. The highest BCUT2D eigenvalue weighted by atomic mass is 15.3. The van der Waals surface area contributed by atoms with E-state index in [1.165, 1.54) is 11.3 Å². The summed E-state index contributed by atoms with van der Waals surface area (Å²) in [7, 11) is 1.97. The van der Waals surface area contributed by atoms with Crippen molar-refractivity contribution < 1.29 is 0 Å². The van der Waals surface area contributed by atoms with Gasteiger partial charge in [-0.2, -0.15) is 5.10 Å². The van der Waals surface area contributed by atoms with Gasteiger partial charge in [0.2, 0.25) is 0 Å². The second kappa shape index (κ2) is 2.45. The van der Waals surface area contributed by atoms with Gasteiger partial charge in [0.25, 0.3) is 0 Å². The highest BCUT2D eigenvalue weighted by Crippen LogP contribution is 2.11. The van der Waals surface area contributed by atoms with Gasteiger partial charge in [0.05, 0.1) is 5.69 Å². The molecule has 0 N–H and O–H groups in total. The van der Waals surface area contributed by atoms with Crippen molar-refractivity contribution in [2.24, 2.45) is 7.05 Å². The van der Waals surface area contributed by atoms with Crippen LogP contribution in [0.2, 0.25) is 0 Å². The normalized spacial score (nSPS) is 10.4. The third-order valence-corrected chi connectivity index (χ3v) is 1.85. The van der Waals surface area contributed by atoms with Crippen LogP contribution < -0.4 is 0 Å². The van der Waals surface area contributed by atoms with Crippen LogP contribution in [0.25, 0.3) is 0 Å². The van der Waals surface area contributed by atoms with Gasteiger partial charge in [-0.25, -0.2) is 0 Å². The number of aromatic nitrogens is 2. The summed E-state index contributed by atoms with van der Waals surface area (Å²) in [6, 6.07) is 0. The molecule has 55 valence electrons. The Bertz CT molecular complexity index is 236. The summed E-state index contributed by atoms with van der Waals surface area (Å²) in [5.41, 5.74) is 3.62. The Labute approximate surface area is 61.9 Å². The van der Waals surface area contributed by atoms with Gasteiger partial charge in [-0.1, -0.05) is 6.92 Å². The lowest BCUT2D eigenvalue weighted by atomic mass is 10.2. The van der Waals surface area contributed by atoms with Gasteiger partial charge < -0.3 is 0 Å². The molecular formula is C8H13N2. The fourth-order valence-electron chi connectivity index (χ4n) is 1.19. The molecule has 0 amide bonds. The predicted octanol–water partition coefficient (Wildman–Crippen LogP) is 1.61. The molecule has 1 aromatic heterocycles. The Kier molecular flexibility index (Phi) is 1.79. The van der Waals surface area contributed by atoms with Gasteiger partial charge in [-0.05, 0) is 19.4 Å². The van der Waals surface area contributed by atoms with Gasteiger partial charge in [-0.3, -0.25) is 4.68 Å². The van der Waals surface area contributed by atoms with E-state index in [0.717, 1.165) is 5.69 Å². The third-order valence-electron chi connectivity index (χ3n) is 1.85. The molecule has 1 aromatic rings. The molecule has 0 aliphatic carbocycles. The van der Waals surface area contributed by atoms with Crippen LogP contribution >= 0.6 is 0 Å². The van der Waals surface area contributed by atoms with Crippen LogP contribution in [-0.4, -0.2) is 9.78 Å². The average Bonchev–Trinajstić information content (AvgIpc) is 2.09. The van der Waals surface area contributed by atoms with E-state index in [4.69, 9.17) is 0 Å². The van der Waals surface area contributed by atoms with Crippen molar-refractivity contribution in [1.82, 2.24) is 9.78 Å². The second-order valence-electron chi connectivity index (χ2n) is 2.51. The van der Waals surface area contributed by atoms with Gasteiger partial charge in [0.1, 0.15) is 0 Å². The van der Waals surface area contributed by atoms with Crippen LogP contribution in [-0.2, 0) is 7.05 Å². The zero-order valence-corrected chi connectivity index (χ0v) is 6.97. The van der Waals surface area contributed by atoms with Crippen molar-refractivity contribution in [3.8, 4) is 0 Å². The topological polar surface area (TPSA) is 17.8 Å². The van der Waals surface area contributed by atoms with E-state index in [2.05, 4.69) is 18.4 Å². The highest BCUT2D eigenvalue weighted by Gasteiger charge is 2.05. The second-order valence-corrected chi connectivity index (χ2v) is 2.51. The number of rotatable bonds is 1. The molecule has 1 rings (SSSR count). The van der Waals surface area contributed by atoms with Crippen molar-refractivity contribution in [2.75, 3.05) is 0 Å². The summed E-state index contributed by atoms with van der Waals surface area (Å²) >= 11 is 0. The molecule has 2 heteroatoms. The first kappa shape index (κ1) is 7.32. The van der Waals surface area contributed by atoms with Crippen LogP contribution in [0.3, 0.4) is 0 Å². The molecule has 1 radical (unpaired) electrons. The maximum absolute atomic E-state index is 4.27. The molecule has 0 spiro atoms. The Balaban J connectivity index is 3.20. The average molecular weight is 137 g/mol. The zero-order chi connectivity index (χ0) is 7.72. The summed E-state index contributed by atoms with van der Waals surface area (Å²) in [5, 5.41) is 4.27. The fourth-order valence-corrected chi connectivity index (χ4v) is 1.19. The molecule has 1 heterocycles. The maximum atomic E-state index is 4.27. The molecule has 0 bridgehead atoms. The van der Waals surface area contributed by atoms with Gasteiger partial charge >= 0.3 is 0 Å². The highest BCUT2D eigenvalue weighted by molar-refractivity contribution is 5.28. The first-order chi connectivity index (χ1) is 4.66. The maximum Gasteiger partial charge on any atom is 0.0625 e. The minimum atomic E-state index is 1.12. The van der Waals surface area contributed by atoms with Crippen molar-refractivity contribution in [2.45, 2.75) is 20.8 Å². The molecule has 0 unspecified atom stereocenters. The minimum Gasteiger partial charge on any atom is -0.272 e. The first-order valence-electron chi connectivity index (χ1n) is 3.46. The molecule has 0 aromatic carbocycles. The van der Waals surface area contributed by atoms with Crippen LogP contribution in [0, 0.1) is 20.3 Å². The summed E-state index contributed by atoms with van der Waals surface area (Å²) < 4.78 is 1.91. The molecule has 2 nitrogen and oxygen atoms in total. The van der Waals surface area contributed by atoms with Crippen LogP contribution in [0.4, 0.5) is 0 Å². The lowest BCUT2D eigenvalue weighted by molar-refractivity contribution is 0.735. The SMILES string of the molecule is C[CH]c1c(C)c(C)nn1C. The largest absolute Gasteiger partial charge is 0.272 e. The zero-order valence-electron chi connectivity index (χ0n) is 6.97. The lowest BCUT2D eigenvalue weighted by Crippen LogP contribution is -1.95. The third kappa shape index (κ3) is 0.939. The Hall–Kier alpha value is -0.790. The van der Waals surface area contributed by atoms with Crippen molar-refractivity contribution in [3.63, 3.8) is 0 Å². The van der Waals surface area contributed by atoms with Crippen molar-refractivity contribution in [1.29, 1.82) is 0 Å². The smallest absolute Gasteiger partial charge is 0.0625 e. The molecular weight excluding hydrogens is 124 g/mol. The summed E-state index contributed by atoms with van der Waals surface area (Å²) in [5.74, 6) is 0. The van der Waals surface area contributed by atoms with Crippen LogP contribution in [0.1, 0.15) is 23.9 Å². The van der Waals surface area contributed by atoms with E-state index in [0.29, 0.717) is 0 Å². The number of nitrogens with zero attached hydrogens (tertiary/aromatic N) is 2. The Morgan fingerprint density at radius 1 is 1.40 bits per heavy atom. The number of aryl methyl sites for hydroxylation is 2. The standard InChI is InChI=1S/C8H13N2/c1-5-8-6(2)7(3)9-10(8)4/h5H,1-4H3.